The van der Waals surface area contributed by atoms with Gasteiger partial charge in [0.2, 0.25) is 12.3 Å². The molecule has 2 aromatic rings. The Morgan fingerprint density at radius 1 is 1.24 bits per heavy atom. The van der Waals surface area contributed by atoms with Gasteiger partial charge in [0.25, 0.3) is 0 Å². The molecule has 1 aromatic carbocycles. The van der Waals surface area contributed by atoms with Crippen molar-refractivity contribution in [2.75, 3.05) is 5.32 Å². The van der Waals surface area contributed by atoms with Crippen LogP contribution in [0.5, 0.6) is 0 Å². The fourth-order valence-electron chi connectivity index (χ4n) is 2.46. The van der Waals surface area contributed by atoms with Crippen LogP contribution in [-0.2, 0) is 0 Å². The van der Waals surface area contributed by atoms with Crippen molar-refractivity contribution in [3.8, 4) is 11.5 Å². The van der Waals surface area contributed by atoms with Gasteiger partial charge >= 0.3 is 0 Å². The highest BCUT2D eigenvalue weighted by Gasteiger charge is 2.12. The van der Waals surface area contributed by atoms with Crippen LogP contribution in [-0.4, -0.2) is 16.2 Å². The summed E-state index contributed by atoms with van der Waals surface area (Å²) in [7, 11) is 0. The second kappa shape index (κ2) is 7.25. The Bertz CT molecular complexity index is 551. The molecule has 0 aliphatic rings. The van der Waals surface area contributed by atoms with E-state index >= 15 is 0 Å². The summed E-state index contributed by atoms with van der Waals surface area (Å²) in [6.45, 7) is 8.91. The van der Waals surface area contributed by atoms with Gasteiger partial charge < -0.3 is 9.73 Å². The summed E-state index contributed by atoms with van der Waals surface area (Å²) in [5.74, 6) is 1.32. The van der Waals surface area contributed by atoms with E-state index in [1.165, 1.54) is 30.5 Å². The number of aromatic nitrogens is 2. The largest absolute Gasteiger partial charge is 0.423 e. The first-order valence-corrected chi connectivity index (χ1v) is 7.77. The molecule has 21 heavy (non-hydrogen) atoms. The number of anilines is 1. The van der Waals surface area contributed by atoms with Crippen LogP contribution in [0.25, 0.3) is 11.5 Å². The minimum Gasteiger partial charge on any atom is -0.423 e. The van der Waals surface area contributed by atoms with Gasteiger partial charge in [0.1, 0.15) is 0 Å². The molecule has 1 heterocycles. The predicted molar refractivity (Wildman–Crippen MR) is 86.2 cm³/mol. The van der Waals surface area contributed by atoms with E-state index in [0.29, 0.717) is 11.9 Å². The van der Waals surface area contributed by atoms with Crippen molar-refractivity contribution >= 4 is 5.69 Å². The number of rotatable bonds is 7. The minimum atomic E-state index is 0.521. The van der Waals surface area contributed by atoms with Gasteiger partial charge in [0.15, 0.2) is 0 Å². The highest BCUT2D eigenvalue weighted by Crippen LogP contribution is 2.25. The van der Waals surface area contributed by atoms with E-state index < -0.39 is 0 Å². The number of hydrogen-bond donors (Lipinski definition) is 1. The third kappa shape index (κ3) is 4.06. The van der Waals surface area contributed by atoms with E-state index in [2.05, 4.69) is 55.3 Å². The Kier molecular flexibility index (Phi) is 5.37. The molecule has 2 unspecified atom stereocenters. The summed E-state index contributed by atoms with van der Waals surface area (Å²) in [6.07, 6.45) is 4.93. The van der Waals surface area contributed by atoms with Gasteiger partial charge in [-0.25, -0.2) is 0 Å². The number of nitrogens with one attached hydrogen (secondary N) is 1. The first-order chi connectivity index (χ1) is 10.1. The zero-order valence-corrected chi connectivity index (χ0v) is 13.4. The van der Waals surface area contributed by atoms with Crippen LogP contribution in [0.3, 0.4) is 0 Å². The second-order valence-corrected chi connectivity index (χ2v) is 5.77. The molecule has 0 bridgehead atoms. The molecule has 0 aliphatic carbocycles. The molecule has 0 aliphatic heterocycles. The highest BCUT2D eigenvalue weighted by atomic mass is 16.4. The Morgan fingerprint density at radius 3 is 2.62 bits per heavy atom. The first-order valence-electron chi connectivity index (χ1n) is 7.77. The van der Waals surface area contributed by atoms with Crippen LogP contribution in [0.1, 0.15) is 45.6 Å². The second-order valence-electron chi connectivity index (χ2n) is 5.77. The van der Waals surface area contributed by atoms with Gasteiger partial charge in [-0.05, 0) is 49.4 Å². The molecule has 1 N–H and O–H groups in total. The normalized spacial score (nSPS) is 13.9. The van der Waals surface area contributed by atoms with Gasteiger partial charge in [0, 0.05) is 17.3 Å². The highest BCUT2D eigenvalue weighted by molar-refractivity contribution is 5.62. The van der Waals surface area contributed by atoms with E-state index in [1.54, 1.807) is 0 Å². The topological polar surface area (TPSA) is 51.0 Å². The summed E-state index contributed by atoms with van der Waals surface area (Å²) in [5.41, 5.74) is 3.35. The molecule has 2 atom stereocenters. The molecular weight excluding hydrogens is 262 g/mol. The third-order valence-corrected chi connectivity index (χ3v) is 4.07. The van der Waals surface area contributed by atoms with Crippen molar-refractivity contribution in [3.63, 3.8) is 0 Å². The Hall–Kier alpha value is -1.84. The van der Waals surface area contributed by atoms with Crippen molar-refractivity contribution in [2.45, 2.75) is 53.0 Å². The van der Waals surface area contributed by atoms with Crippen molar-refractivity contribution in [3.05, 3.63) is 30.2 Å². The molecule has 0 amide bonds. The lowest BCUT2D eigenvalue weighted by molar-refractivity contribution is 0.461. The fourth-order valence-corrected chi connectivity index (χ4v) is 2.46. The third-order valence-electron chi connectivity index (χ3n) is 4.07. The Labute approximate surface area is 127 Å². The van der Waals surface area contributed by atoms with Crippen LogP contribution >= 0.6 is 0 Å². The molecule has 0 radical (unpaired) electrons. The van der Waals surface area contributed by atoms with E-state index in [0.717, 1.165) is 17.9 Å². The standard InChI is InChI=1S/C17H25N3O/c1-5-12(3)9-15(6-2)19-16-8-7-14(10-13(16)4)17-20-18-11-21-17/h7-8,10-12,15,19H,5-6,9H2,1-4H3. The maximum atomic E-state index is 5.24. The lowest BCUT2D eigenvalue weighted by Gasteiger charge is -2.22. The van der Waals surface area contributed by atoms with Gasteiger partial charge in [-0.2, -0.15) is 0 Å². The Balaban J connectivity index is 2.10. The number of aryl methyl sites for hydroxylation is 1. The average Bonchev–Trinajstić information content (AvgIpc) is 3.02. The van der Waals surface area contributed by atoms with Crippen LogP contribution in [0, 0.1) is 12.8 Å². The number of benzene rings is 1. The molecule has 0 spiro atoms. The lowest BCUT2D eigenvalue weighted by Crippen LogP contribution is -2.21. The fraction of sp³-hybridized carbons (Fsp3) is 0.529. The summed E-state index contributed by atoms with van der Waals surface area (Å²) < 4.78 is 5.24. The van der Waals surface area contributed by atoms with Crippen LogP contribution in [0.2, 0.25) is 0 Å². The number of nitrogens with zero attached hydrogens (tertiary/aromatic N) is 2. The van der Waals surface area contributed by atoms with E-state index in [4.69, 9.17) is 4.42 Å². The lowest BCUT2D eigenvalue weighted by atomic mass is 9.97. The first kappa shape index (κ1) is 15.5. The SMILES string of the molecule is CCC(C)CC(CC)Nc1ccc(-c2nnco2)cc1C. The average molecular weight is 287 g/mol. The minimum absolute atomic E-state index is 0.521. The van der Waals surface area contributed by atoms with Crippen molar-refractivity contribution in [1.29, 1.82) is 0 Å². The van der Waals surface area contributed by atoms with Gasteiger partial charge in [0.05, 0.1) is 0 Å². The molecule has 0 fully saturated rings. The molecule has 0 saturated carbocycles. The molecule has 2 rings (SSSR count). The molecular formula is C17H25N3O. The molecule has 0 saturated heterocycles. The summed E-state index contributed by atoms with van der Waals surface area (Å²) in [6, 6.07) is 6.74. The van der Waals surface area contributed by atoms with Crippen molar-refractivity contribution in [2.24, 2.45) is 5.92 Å². The summed E-state index contributed by atoms with van der Waals surface area (Å²) >= 11 is 0. The van der Waals surface area contributed by atoms with Crippen LogP contribution in [0.15, 0.2) is 29.0 Å². The predicted octanol–water partition coefficient (Wildman–Crippen LogP) is 4.67. The molecule has 1 aromatic heterocycles. The van der Waals surface area contributed by atoms with Crippen LogP contribution in [0.4, 0.5) is 5.69 Å². The zero-order chi connectivity index (χ0) is 15.2. The molecule has 4 nitrogen and oxygen atoms in total. The summed E-state index contributed by atoms with van der Waals surface area (Å²) in [5, 5.41) is 11.3. The number of hydrogen-bond acceptors (Lipinski definition) is 4. The quantitative estimate of drug-likeness (QED) is 0.804. The smallest absolute Gasteiger partial charge is 0.247 e. The van der Waals surface area contributed by atoms with Gasteiger partial charge in [-0.3, -0.25) is 0 Å². The van der Waals surface area contributed by atoms with Crippen molar-refractivity contribution in [1.82, 2.24) is 10.2 Å². The van der Waals surface area contributed by atoms with Crippen molar-refractivity contribution < 1.29 is 4.42 Å². The van der Waals surface area contributed by atoms with Gasteiger partial charge in [-0.15, -0.1) is 10.2 Å². The Morgan fingerprint density at radius 2 is 2.05 bits per heavy atom. The van der Waals surface area contributed by atoms with E-state index in [-0.39, 0.29) is 0 Å². The van der Waals surface area contributed by atoms with Crippen LogP contribution < -0.4 is 5.32 Å². The summed E-state index contributed by atoms with van der Waals surface area (Å²) in [4.78, 5) is 0. The monoisotopic (exact) mass is 287 g/mol. The molecule has 4 heteroatoms. The maximum absolute atomic E-state index is 5.24. The maximum Gasteiger partial charge on any atom is 0.247 e. The van der Waals surface area contributed by atoms with E-state index in [9.17, 15) is 0 Å². The van der Waals surface area contributed by atoms with Gasteiger partial charge in [-0.1, -0.05) is 27.2 Å². The van der Waals surface area contributed by atoms with E-state index in [1.807, 2.05) is 6.07 Å². The zero-order valence-electron chi connectivity index (χ0n) is 13.4. The molecule has 114 valence electrons.